The van der Waals surface area contributed by atoms with Crippen LogP contribution in [-0.4, -0.2) is 31.0 Å². The minimum Gasteiger partial charge on any atom is -0.381 e. The van der Waals surface area contributed by atoms with Crippen LogP contribution < -0.4 is 4.90 Å². The molecule has 0 N–H and O–H groups in total. The van der Waals surface area contributed by atoms with Gasteiger partial charge < -0.3 is 9.64 Å². The smallest absolute Gasteiger partial charge is 0.227 e. The predicted octanol–water partition coefficient (Wildman–Crippen LogP) is 3.30. The first kappa shape index (κ1) is 15.0. The summed E-state index contributed by atoms with van der Waals surface area (Å²) in [6.45, 7) is 2.16. The Morgan fingerprint density at radius 2 is 2.05 bits per heavy atom. The zero-order valence-corrected chi connectivity index (χ0v) is 13.5. The van der Waals surface area contributed by atoms with E-state index in [4.69, 9.17) is 4.74 Å². The monoisotopic (exact) mass is 355 g/mol. The van der Waals surface area contributed by atoms with Crippen molar-refractivity contribution >= 4 is 27.5 Å². The SMILES string of the molecule is O=C1CCc2cc(F)ccc2N1CC1(CBr)CCOCC1. The van der Waals surface area contributed by atoms with E-state index in [0.717, 1.165) is 42.6 Å². The first-order valence-electron chi connectivity index (χ1n) is 7.36. The number of amides is 1. The van der Waals surface area contributed by atoms with Gasteiger partial charge in [-0.2, -0.15) is 0 Å². The van der Waals surface area contributed by atoms with Gasteiger partial charge in [-0.3, -0.25) is 4.79 Å². The number of aryl methyl sites for hydroxylation is 1. The Morgan fingerprint density at radius 1 is 1.29 bits per heavy atom. The molecule has 21 heavy (non-hydrogen) atoms. The molecule has 114 valence electrons. The summed E-state index contributed by atoms with van der Waals surface area (Å²) in [5.74, 6) is -0.0924. The van der Waals surface area contributed by atoms with Crippen LogP contribution in [0.4, 0.5) is 10.1 Å². The zero-order valence-electron chi connectivity index (χ0n) is 11.9. The number of fused-ring (bicyclic) bond motifs is 1. The van der Waals surface area contributed by atoms with E-state index >= 15 is 0 Å². The Hall–Kier alpha value is -0.940. The van der Waals surface area contributed by atoms with Gasteiger partial charge >= 0.3 is 0 Å². The van der Waals surface area contributed by atoms with Crippen molar-refractivity contribution in [3.63, 3.8) is 0 Å². The Balaban J connectivity index is 1.89. The van der Waals surface area contributed by atoms with Crippen LogP contribution in [0.15, 0.2) is 18.2 Å². The number of rotatable bonds is 3. The molecule has 0 aliphatic carbocycles. The van der Waals surface area contributed by atoms with Gasteiger partial charge in [-0.1, -0.05) is 15.9 Å². The Bertz CT molecular complexity index is 543. The number of hydrogen-bond acceptors (Lipinski definition) is 2. The van der Waals surface area contributed by atoms with Crippen molar-refractivity contribution in [2.45, 2.75) is 25.7 Å². The number of alkyl halides is 1. The molecule has 0 saturated carbocycles. The molecule has 0 unspecified atom stereocenters. The molecular formula is C16H19BrFNO2. The molecule has 0 aromatic heterocycles. The van der Waals surface area contributed by atoms with E-state index < -0.39 is 0 Å². The van der Waals surface area contributed by atoms with Crippen molar-refractivity contribution in [1.82, 2.24) is 0 Å². The number of ether oxygens (including phenoxy) is 1. The molecule has 5 heteroatoms. The number of nitrogens with zero attached hydrogens (tertiary/aromatic N) is 1. The van der Waals surface area contributed by atoms with Gasteiger partial charge in [-0.05, 0) is 43.0 Å². The summed E-state index contributed by atoms with van der Waals surface area (Å²) in [5.41, 5.74) is 1.86. The van der Waals surface area contributed by atoms with E-state index in [1.54, 1.807) is 12.1 Å². The third-order valence-electron chi connectivity index (χ3n) is 4.57. The van der Waals surface area contributed by atoms with Gasteiger partial charge in [0.15, 0.2) is 0 Å². The normalized spacial score (nSPS) is 21.2. The maximum Gasteiger partial charge on any atom is 0.227 e. The van der Waals surface area contributed by atoms with E-state index in [0.29, 0.717) is 19.4 Å². The molecule has 1 saturated heterocycles. The molecule has 2 aliphatic rings. The average molecular weight is 356 g/mol. The molecule has 2 aliphatic heterocycles. The Labute approximate surface area is 132 Å². The number of anilines is 1. The standard InChI is InChI=1S/C16H19BrFNO2/c17-10-16(5-7-21-8-6-16)11-19-14-3-2-13(18)9-12(14)1-4-15(19)20/h2-3,9H,1,4-8,10-11H2. The number of halogens is 2. The largest absolute Gasteiger partial charge is 0.381 e. The molecule has 3 rings (SSSR count). The van der Waals surface area contributed by atoms with Crippen molar-refractivity contribution in [2.75, 3.05) is 30.0 Å². The third-order valence-corrected chi connectivity index (χ3v) is 5.76. The van der Waals surface area contributed by atoms with E-state index in [-0.39, 0.29) is 17.1 Å². The van der Waals surface area contributed by atoms with Crippen LogP contribution in [0.1, 0.15) is 24.8 Å². The summed E-state index contributed by atoms with van der Waals surface area (Å²) < 4.78 is 18.8. The molecule has 3 nitrogen and oxygen atoms in total. The Kier molecular flexibility index (Phi) is 4.31. The van der Waals surface area contributed by atoms with Crippen LogP contribution in [0.2, 0.25) is 0 Å². The lowest BCUT2D eigenvalue weighted by Gasteiger charge is -2.41. The third kappa shape index (κ3) is 2.99. The van der Waals surface area contributed by atoms with Crippen LogP contribution >= 0.6 is 15.9 Å². The highest BCUT2D eigenvalue weighted by Crippen LogP contribution is 2.37. The van der Waals surface area contributed by atoms with Crippen LogP contribution in [0.5, 0.6) is 0 Å². The highest BCUT2D eigenvalue weighted by atomic mass is 79.9. The topological polar surface area (TPSA) is 29.5 Å². The lowest BCUT2D eigenvalue weighted by Crippen LogP contribution is -2.47. The zero-order chi connectivity index (χ0) is 14.9. The molecule has 1 amide bonds. The van der Waals surface area contributed by atoms with Gasteiger partial charge in [0.2, 0.25) is 5.91 Å². The molecular weight excluding hydrogens is 337 g/mol. The minimum atomic E-state index is -0.232. The fourth-order valence-corrected chi connectivity index (χ4v) is 3.91. The first-order valence-corrected chi connectivity index (χ1v) is 8.48. The average Bonchev–Trinajstić information content (AvgIpc) is 2.51. The van der Waals surface area contributed by atoms with Crippen LogP contribution in [0.3, 0.4) is 0 Å². The predicted molar refractivity (Wildman–Crippen MR) is 83.4 cm³/mol. The summed E-state index contributed by atoms with van der Waals surface area (Å²) in [5, 5.41) is 0.851. The Morgan fingerprint density at radius 3 is 2.76 bits per heavy atom. The second-order valence-electron chi connectivity index (χ2n) is 6.00. The maximum atomic E-state index is 13.4. The summed E-state index contributed by atoms with van der Waals surface area (Å²) in [6.07, 6.45) is 2.98. The summed E-state index contributed by atoms with van der Waals surface area (Å²) in [7, 11) is 0. The maximum absolute atomic E-state index is 13.4. The fourth-order valence-electron chi connectivity index (χ4n) is 3.18. The lowest BCUT2D eigenvalue weighted by atomic mass is 9.81. The van der Waals surface area contributed by atoms with Crippen molar-refractivity contribution in [3.8, 4) is 0 Å². The van der Waals surface area contributed by atoms with Gasteiger partial charge in [0.05, 0.1) is 0 Å². The minimum absolute atomic E-state index is 0.0525. The number of hydrogen-bond donors (Lipinski definition) is 0. The number of carbonyl (C=O) groups excluding carboxylic acids is 1. The fraction of sp³-hybridized carbons (Fsp3) is 0.562. The highest BCUT2D eigenvalue weighted by molar-refractivity contribution is 9.09. The van der Waals surface area contributed by atoms with E-state index in [1.807, 2.05) is 4.90 Å². The van der Waals surface area contributed by atoms with Crippen molar-refractivity contribution in [1.29, 1.82) is 0 Å². The molecule has 1 aromatic rings. The quantitative estimate of drug-likeness (QED) is 0.778. The highest BCUT2D eigenvalue weighted by Gasteiger charge is 2.37. The van der Waals surface area contributed by atoms with Crippen LogP contribution in [0.25, 0.3) is 0 Å². The van der Waals surface area contributed by atoms with Crippen molar-refractivity contribution < 1.29 is 13.9 Å². The van der Waals surface area contributed by atoms with Gasteiger partial charge in [0.25, 0.3) is 0 Å². The molecule has 1 aromatic carbocycles. The van der Waals surface area contributed by atoms with E-state index in [9.17, 15) is 9.18 Å². The molecule has 0 atom stereocenters. The molecule has 1 fully saturated rings. The van der Waals surface area contributed by atoms with E-state index in [2.05, 4.69) is 15.9 Å². The summed E-state index contributed by atoms with van der Waals surface area (Å²) in [6, 6.07) is 4.73. The van der Waals surface area contributed by atoms with Crippen molar-refractivity contribution in [2.24, 2.45) is 5.41 Å². The number of benzene rings is 1. The molecule has 0 bridgehead atoms. The lowest BCUT2D eigenvalue weighted by molar-refractivity contribution is -0.119. The summed E-state index contributed by atoms with van der Waals surface area (Å²) >= 11 is 3.61. The second kappa shape index (κ2) is 6.05. The molecule has 0 spiro atoms. The van der Waals surface area contributed by atoms with Crippen LogP contribution in [-0.2, 0) is 16.0 Å². The van der Waals surface area contributed by atoms with Gasteiger partial charge in [0, 0.05) is 42.6 Å². The van der Waals surface area contributed by atoms with Gasteiger partial charge in [0.1, 0.15) is 5.82 Å². The summed E-state index contributed by atoms with van der Waals surface area (Å²) in [4.78, 5) is 14.2. The van der Waals surface area contributed by atoms with Gasteiger partial charge in [-0.25, -0.2) is 4.39 Å². The van der Waals surface area contributed by atoms with Crippen molar-refractivity contribution in [3.05, 3.63) is 29.6 Å². The second-order valence-corrected chi connectivity index (χ2v) is 6.56. The van der Waals surface area contributed by atoms with Crippen LogP contribution in [0, 0.1) is 11.2 Å². The van der Waals surface area contributed by atoms with Gasteiger partial charge in [-0.15, -0.1) is 0 Å². The first-order chi connectivity index (χ1) is 10.1. The van der Waals surface area contributed by atoms with E-state index in [1.165, 1.54) is 6.07 Å². The number of carbonyl (C=O) groups is 1. The molecule has 0 radical (unpaired) electrons. The molecule has 2 heterocycles.